The molecule has 1 aliphatic heterocycles. The summed E-state index contributed by atoms with van der Waals surface area (Å²) >= 11 is 0. The van der Waals surface area contributed by atoms with Gasteiger partial charge in [-0.15, -0.1) is 6.58 Å². The van der Waals surface area contributed by atoms with E-state index < -0.39 is 5.60 Å². The van der Waals surface area contributed by atoms with Gasteiger partial charge < -0.3 is 15.3 Å². The van der Waals surface area contributed by atoms with Crippen LogP contribution >= 0.6 is 0 Å². The third-order valence-electron chi connectivity index (χ3n) is 5.60. The van der Waals surface area contributed by atoms with Crippen LogP contribution in [0.5, 0.6) is 11.5 Å². The van der Waals surface area contributed by atoms with E-state index in [-0.39, 0.29) is 29.2 Å². The SMILES string of the molecule is C=CCN1CCC2CC(=O)CCC2(O)C1Cc1ccc(O)c(O)c1. The average molecular weight is 331 g/mol. The molecule has 0 bridgehead atoms. The first-order valence-corrected chi connectivity index (χ1v) is 8.54. The van der Waals surface area contributed by atoms with Crippen LogP contribution in [0, 0.1) is 5.92 Å². The van der Waals surface area contributed by atoms with Crippen LogP contribution in [0.3, 0.4) is 0 Å². The molecule has 5 heteroatoms. The number of likely N-dealkylation sites (tertiary alicyclic amines) is 1. The smallest absolute Gasteiger partial charge is 0.157 e. The maximum Gasteiger partial charge on any atom is 0.157 e. The van der Waals surface area contributed by atoms with E-state index in [4.69, 9.17) is 0 Å². The molecule has 1 aromatic rings. The van der Waals surface area contributed by atoms with Crippen LogP contribution in [0.2, 0.25) is 0 Å². The Morgan fingerprint density at radius 1 is 1.33 bits per heavy atom. The Kier molecular flexibility index (Phi) is 4.65. The molecule has 3 rings (SSSR count). The maximum absolute atomic E-state index is 11.8. The molecule has 1 aromatic carbocycles. The molecule has 5 nitrogen and oxygen atoms in total. The first-order chi connectivity index (χ1) is 11.4. The van der Waals surface area contributed by atoms with Crippen molar-refractivity contribution in [3.8, 4) is 11.5 Å². The number of fused-ring (bicyclic) bond motifs is 1. The molecule has 3 atom stereocenters. The normalized spacial score (nSPS) is 30.8. The molecule has 1 heterocycles. The molecular formula is C19H25NO4. The van der Waals surface area contributed by atoms with E-state index in [9.17, 15) is 20.1 Å². The summed E-state index contributed by atoms with van der Waals surface area (Å²) in [5.41, 5.74) is -0.0433. The van der Waals surface area contributed by atoms with Gasteiger partial charge >= 0.3 is 0 Å². The van der Waals surface area contributed by atoms with Gasteiger partial charge in [-0.2, -0.15) is 0 Å². The highest BCUT2D eigenvalue weighted by atomic mass is 16.3. The number of benzene rings is 1. The Bertz CT molecular complexity index is 644. The summed E-state index contributed by atoms with van der Waals surface area (Å²) in [6.45, 7) is 5.31. The summed E-state index contributed by atoms with van der Waals surface area (Å²) in [7, 11) is 0. The zero-order chi connectivity index (χ0) is 17.3. The van der Waals surface area contributed by atoms with Crippen molar-refractivity contribution in [2.24, 2.45) is 5.92 Å². The standard InChI is InChI=1S/C19H25NO4/c1-2-8-20-9-6-14-12-15(21)5-7-19(14,24)18(20)11-13-3-4-16(22)17(23)10-13/h2-4,10,14,18,22-24H,1,5-9,11-12H2. The van der Waals surface area contributed by atoms with Gasteiger partial charge in [0, 0.05) is 25.4 Å². The minimum absolute atomic E-state index is 0.00414. The lowest BCUT2D eigenvalue weighted by Crippen LogP contribution is -2.64. The minimum Gasteiger partial charge on any atom is -0.504 e. The Balaban J connectivity index is 1.90. The van der Waals surface area contributed by atoms with Crippen LogP contribution < -0.4 is 0 Å². The number of phenols is 2. The van der Waals surface area contributed by atoms with Crippen LogP contribution in [0.25, 0.3) is 0 Å². The quantitative estimate of drug-likeness (QED) is 0.581. The molecule has 0 aromatic heterocycles. The number of piperidine rings is 1. The number of hydrogen-bond donors (Lipinski definition) is 3. The maximum atomic E-state index is 11.8. The largest absolute Gasteiger partial charge is 0.504 e. The van der Waals surface area contributed by atoms with E-state index in [0.717, 1.165) is 18.5 Å². The highest BCUT2D eigenvalue weighted by Gasteiger charge is 2.51. The molecule has 0 amide bonds. The van der Waals surface area contributed by atoms with Gasteiger partial charge in [-0.05, 0) is 49.4 Å². The molecule has 130 valence electrons. The van der Waals surface area contributed by atoms with Crippen molar-refractivity contribution < 1.29 is 20.1 Å². The topological polar surface area (TPSA) is 81.0 Å². The van der Waals surface area contributed by atoms with Gasteiger partial charge in [0.05, 0.1) is 5.60 Å². The van der Waals surface area contributed by atoms with Crippen molar-refractivity contribution in [3.05, 3.63) is 36.4 Å². The third kappa shape index (κ3) is 3.06. The van der Waals surface area contributed by atoms with Crippen LogP contribution in [-0.2, 0) is 11.2 Å². The number of carbonyl (C=O) groups is 1. The Hall–Kier alpha value is -1.85. The number of nitrogens with zero attached hydrogens (tertiary/aromatic N) is 1. The molecule has 3 unspecified atom stereocenters. The summed E-state index contributed by atoms with van der Waals surface area (Å²) in [6.07, 6.45) is 4.57. The number of carbonyl (C=O) groups excluding carboxylic acids is 1. The highest BCUT2D eigenvalue weighted by Crippen LogP contribution is 2.43. The summed E-state index contributed by atoms with van der Waals surface area (Å²) in [6, 6.07) is 4.65. The monoisotopic (exact) mass is 331 g/mol. The zero-order valence-corrected chi connectivity index (χ0v) is 13.8. The second-order valence-corrected chi connectivity index (χ2v) is 7.05. The van der Waals surface area contributed by atoms with Crippen molar-refractivity contribution >= 4 is 5.78 Å². The fourth-order valence-corrected chi connectivity index (χ4v) is 4.29. The van der Waals surface area contributed by atoms with E-state index >= 15 is 0 Å². The second kappa shape index (κ2) is 6.57. The molecule has 2 fully saturated rings. The Morgan fingerprint density at radius 3 is 2.83 bits per heavy atom. The van der Waals surface area contributed by atoms with Gasteiger partial charge in [-0.3, -0.25) is 9.69 Å². The zero-order valence-electron chi connectivity index (χ0n) is 13.8. The molecule has 0 spiro atoms. The number of aromatic hydroxyl groups is 2. The molecule has 24 heavy (non-hydrogen) atoms. The lowest BCUT2D eigenvalue weighted by molar-refractivity contribution is -0.154. The number of rotatable bonds is 4. The second-order valence-electron chi connectivity index (χ2n) is 7.05. The van der Waals surface area contributed by atoms with Crippen molar-refractivity contribution in [2.45, 2.75) is 43.7 Å². The summed E-state index contributed by atoms with van der Waals surface area (Å²) in [4.78, 5) is 14.0. The molecule has 2 aliphatic rings. The van der Waals surface area contributed by atoms with Gasteiger partial charge in [-0.1, -0.05) is 12.1 Å². The Labute approximate surface area is 142 Å². The number of ketones is 1. The number of hydrogen-bond acceptors (Lipinski definition) is 5. The van der Waals surface area contributed by atoms with E-state index in [1.54, 1.807) is 12.1 Å². The highest BCUT2D eigenvalue weighted by molar-refractivity contribution is 5.80. The average Bonchev–Trinajstić information content (AvgIpc) is 2.55. The van der Waals surface area contributed by atoms with Gasteiger partial charge in [0.15, 0.2) is 11.5 Å². The predicted molar refractivity (Wildman–Crippen MR) is 90.9 cm³/mol. The summed E-state index contributed by atoms with van der Waals surface area (Å²) in [5.74, 6) is -0.0652. The fourth-order valence-electron chi connectivity index (χ4n) is 4.29. The molecule has 0 radical (unpaired) electrons. The van der Waals surface area contributed by atoms with Gasteiger partial charge in [-0.25, -0.2) is 0 Å². The van der Waals surface area contributed by atoms with Gasteiger partial charge in [0.25, 0.3) is 0 Å². The van der Waals surface area contributed by atoms with Gasteiger partial charge in [0.1, 0.15) is 5.78 Å². The molecule has 1 saturated carbocycles. The lowest BCUT2D eigenvalue weighted by Gasteiger charge is -2.53. The van der Waals surface area contributed by atoms with Crippen LogP contribution in [0.15, 0.2) is 30.9 Å². The summed E-state index contributed by atoms with van der Waals surface area (Å²) < 4.78 is 0. The summed E-state index contributed by atoms with van der Waals surface area (Å²) in [5, 5.41) is 30.6. The lowest BCUT2D eigenvalue weighted by atomic mass is 9.65. The molecule has 1 saturated heterocycles. The third-order valence-corrected chi connectivity index (χ3v) is 5.60. The predicted octanol–water partition coefficient (Wildman–Crippen LogP) is 2.00. The van der Waals surface area contributed by atoms with Crippen LogP contribution in [0.4, 0.5) is 0 Å². The van der Waals surface area contributed by atoms with Crippen molar-refractivity contribution in [2.75, 3.05) is 13.1 Å². The number of Topliss-reactive ketones (excluding diaryl/α,β-unsaturated/α-hetero) is 1. The molecule has 1 aliphatic carbocycles. The minimum atomic E-state index is -0.900. The van der Waals surface area contributed by atoms with Crippen LogP contribution in [0.1, 0.15) is 31.2 Å². The van der Waals surface area contributed by atoms with Gasteiger partial charge in [0.2, 0.25) is 0 Å². The first kappa shape index (κ1) is 17.0. The van der Waals surface area contributed by atoms with Crippen molar-refractivity contribution in [1.29, 1.82) is 0 Å². The van der Waals surface area contributed by atoms with E-state index in [1.807, 2.05) is 6.08 Å². The van der Waals surface area contributed by atoms with E-state index in [0.29, 0.717) is 32.2 Å². The Morgan fingerprint density at radius 2 is 2.12 bits per heavy atom. The number of aliphatic hydroxyl groups is 1. The first-order valence-electron chi connectivity index (χ1n) is 8.54. The fraction of sp³-hybridized carbons (Fsp3) is 0.526. The molecular weight excluding hydrogens is 306 g/mol. The number of phenolic OH excluding ortho intramolecular Hbond substituents is 2. The van der Waals surface area contributed by atoms with E-state index in [1.165, 1.54) is 6.07 Å². The van der Waals surface area contributed by atoms with Crippen molar-refractivity contribution in [1.82, 2.24) is 4.90 Å². The van der Waals surface area contributed by atoms with Crippen LogP contribution in [-0.4, -0.2) is 50.7 Å². The molecule has 3 N–H and O–H groups in total. The van der Waals surface area contributed by atoms with E-state index in [2.05, 4.69) is 11.5 Å². The van der Waals surface area contributed by atoms with Crippen molar-refractivity contribution in [3.63, 3.8) is 0 Å².